The largest absolute Gasteiger partial charge is 0.453 e. The van der Waals surface area contributed by atoms with Gasteiger partial charge in [-0.15, -0.1) is 0 Å². The van der Waals surface area contributed by atoms with Gasteiger partial charge in [0.1, 0.15) is 0 Å². The molecular weight excluding hydrogens is 224 g/mol. The van der Waals surface area contributed by atoms with Gasteiger partial charge in [-0.25, -0.2) is 0 Å². The van der Waals surface area contributed by atoms with E-state index in [0.29, 0.717) is 5.22 Å². The van der Waals surface area contributed by atoms with Gasteiger partial charge in [-0.3, -0.25) is 0 Å². The van der Waals surface area contributed by atoms with Crippen LogP contribution in [0.5, 0.6) is 0 Å². The molecular formula is C12H21ClN2O. The molecule has 0 radical (unpaired) electrons. The summed E-state index contributed by atoms with van der Waals surface area (Å²) in [6.07, 6.45) is 2.72. The van der Waals surface area contributed by atoms with E-state index in [-0.39, 0.29) is 5.54 Å². The Morgan fingerprint density at radius 1 is 1.31 bits per heavy atom. The molecule has 0 saturated carbocycles. The van der Waals surface area contributed by atoms with Crippen LogP contribution in [0.15, 0.2) is 16.7 Å². The Labute approximate surface area is 103 Å². The number of hydrogen-bond acceptors (Lipinski definition) is 3. The summed E-state index contributed by atoms with van der Waals surface area (Å²) >= 11 is 5.82. The average Bonchev–Trinajstić information content (AvgIpc) is 2.56. The van der Waals surface area contributed by atoms with Crippen LogP contribution in [-0.2, 0) is 6.54 Å². The highest BCUT2D eigenvalue weighted by molar-refractivity contribution is 6.29. The maximum Gasteiger partial charge on any atom is 0.197 e. The van der Waals surface area contributed by atoms with Crippen LogP contribution < -0.4 is 10.6 Å². The maximum atomic E-state index is 5.82. The molecule has 0 bridgehead atoms. The molecule has 0 aliphatic rings. The van der Waals surface area contributed by atoms with E-state index in [1.807, 2.05) is 6.07 Å². The van der Waals surface area contributed by atoms with Gasteiger partial charge >= 0.3 is 0 Å². The first kappa shape index (κ1) is 13.6. The third kappa shape index (κ3) is 5.54. The first-order valence-electron chi connectivity index (χ1n) is 5.67. The lowest BCUT2D eigenvalue weighted by Crippen LogP contribution is -2.37. The topological polar surface area (TPSA) is 37.2 Å². The molecule has 0 aromatic carbocycles. The molecule has 0 amide bonds. The molecule has 0 saturated heterocycles. The predicted octanol–water partition coefficient (Wildman–Crippen LogP) is 2.80. The number of halogens is 1. The van der Waals surface area contributed by atoms with Gasteiger partial charge in [-0.2, -0.15) is 0 Å². The lowest BCUT2D eigenvalue weighted by Gasteiger charge is -2.20. The standard InChI is InChI=1S/C12H21ClN2O/c1-12(2,3)15-7-4-6-14-9-10-5-8-16-11(10)13/h5,8,14-15H,4,6-7,9H2,1-3H3. The van der Waals surface area contributed by atoms with Crippen LogP contribution >= 0.6 is 11.6 Å². The molecule has 3 nitrogen and oxygen atoms in total. The molecule has 1 rings (SSSR count). The average molecular weight is 245 g/mol. The van der Waals surface area contributed by atoms with Crippen molar-refractivity contribution in [2.75, 3.05) is 13.1 Å². The van der Waals surface area contributed by atoms with Crippen molar-refractivity contribution >= 4 is 11.6 Å². The van der Waals surface area contributed by atoms with Crippen LogP contribution in [0, 0.1) is 0 Å². The summed E-state index contributed by atoms with van der Waals surface area (Å²) < 4.78 is 5.00. The van der Waals surface area contributed by atoms with Crippen LogP contribution in [0.25, 0.3) is 0 Å². The summed E-state index contributed by atoms with van der Waals surface area (Å²) in [6, 6.07) is 1.89. The Balaban J connectivity index is 2.03. The summed E-state index contributed by atoms with van der Waals surface area (Å²) in [5.41, 5.74) is 1.22. The monoisotopic (exact) mass is 244 g/mol. The van der Waals surface area contributed by atoms with Crippen molar-refractivity contribution in [3.8, 4) is 0 Å². The van der Waals surface area contributed by atoms with Gasteiger partial charge in [0, 0.05) is 17.6 Å². The summed E-state index contributed by atoms with van der Waals surface area (Å²) in [7, 11) is 0. The molecule has 0 fully saturated rings. The highest BCUT2D eigenvalue weighted by Gasteiger charge is 2.07. The smallest absolute Gasteiger partial charge is 0.197 e. The zero-order valence-corrected chi connectivity index (χ0v) is 11.0. The first-order chi connectivity index (χ1) is 7.49. The van der Waals surface area contributed by atoms with Gasteiger partial charge in [0.05, 0.1) is 6.26 Å². The van der Waals surface area contributed by atoms with Crippen molar-refractivity contribution in [3.05, 3.63) is 23.1 Å². The Morgan fingerprint density at radius 2 is 2.06 bits per heavy atom. The van der Waals surface area contributed by atoms with Crippen LogP contribution in [-0.4, -0.2) is 18.6 Å². The minimum Gasteiger partial charge on any atom is -0.453 e. The third-order valence-electron chi connectivity index (χ3n) is 2.19. The van der Waals surface area contributed by atoms with Gasteiger partial charge in [0.25, 0.3) is 0 Å². The van der Waals surface area contributed by atoms with Gasteiger partial charge < -0.3 is 15.1 Å². The Hall–Kier alpha value is -0.510. The van der Waals surface area contributed by atoms with Gasteiger partial charge in [0.15, 0.2) is 5.22 Å². The summed E-state index contributed by atoms with van der Waals surface area (Å²) in [5.74, 6) is 0. The first-order valence-corrected chi connectivity index (χ1v) is 6.04. The van der Waals surface area contributed by atoms with E-state index in [1.54, 1.807) is 6.26 Å². The highest BCUT2D eigenvalue weighted by atomic mass is 35.5. The quantitative estimate of drug-likeness (QED) is 0.756. The third-order valence-corrected chi connectivity index (χ3v) is 2.53. The number of furan rings is 1. The number of hydrogen-bond donors (Lipinski definition) is 2. The highest BCUT2D eigenvalue weighted by Crippen LogP contribution is 2.15. The van der Waals surface area contributed by atoms with Crippen LogP contribution in [0.2, 0.25) is 5.22 Å². The molecule has 1 aromatic heterocycles. The lowest BCUT2D eigenvalue weighted by atomic mass is 10.1. The van der Waals surface area contributed by atoms with Gasteiger partial charge in [0.2, 0.25) is 0 Å². The Kier molecular flexibility index (Phi) is 5.32. The van der Waals surface area contributed by atoms with Crippen LogP contribution in [0.4, 0.5) is 0 Å². The number of rotatable bonds is 6. The fourth-order valence-corrected chi connectivity index (χ4v) is 1.53. The molecule has 92 valence electrons. The SMILES string of the molecule is CC(C)(C)NCCCNCc1ccoc1Cl. The molecule has 4 heteroatoms. The van der Waals surface area contributed by atoms with Gasteiger partial charge in [-0.05, 0) is 57.9 Å². The van der Waals surface area contributed by atoms with Crippen LogP contribution in [0.3, 0.4) is 0 Å². The lowest BCUT2D eigenvalue weighted by molar-refractivity contribution is 0.418. The van der Waals surface area contributed by atoms with E-state index in [0.717, 1.165) is 31.6 Å². The van der Waals surface area contributed by atoms with E-state index >= 15 is 0 Å². The summed E-state index contributed by atoms with van der Waals surface area (Å²) in [4.78, 5) is 0. The molecule has 0 atom stereocenters. The zero-order chi connectivity index (χ0) is 12.0. The van der Waals surface area contributed by atoms with E-state index in [2.05, 4.69) is 31.4 Å². The molecule has 0 spiro atoms. The van der Waals surface area contributed by atoms with Crippen molar-refractivity contribution in [1.29, 1.82) is 0 Å². The second kappa shape index (κ2) is 6.28. The molecule has 1 aromatic rings. The Morgan fingerprint density at radius 3 is 2.62 bits per heavy atom. The molecule has 0 aliphatic heterocycles. The van der Waals surface area contributed by atoms with Crippen LogP contribution in [0.1, 0.15) is 32.8 Å². The van der Waals surface area contributed by atoms with Crippen molar-refractivity contribution in [2.24, 2.45) is 0 Å². The van der Waals surface area contributed by atoms with Crippen molar-refractivity contribution in [2.45, 2.75) is 39.3 Å². The minimum absolute atomic E-state index is 0.202. The fraction of sp³-hybridized carbons (Fsp3) is 0.667. The summed E-state index contributed by atoms with van der Waals surface area (Å²) in [6.45, 7) is 9.29. The number of nitrogens with one attached hydrogen (secondary N) is 2. The molecule has 2 N–H and O–H groups in total. The minimum atomic E-state index is 0.202. The Bertz CT molecular complexity index is 304. The molecule has 1 heterocycles. The van der Waals surface area contributed by atoms with E-state index in [1.165, 1.54) is 0 Å². The fourth-order valence-electron chi connectivity index (χ4n) is 1.35. The molecule has 0 unspecified atom stereocenters. The molecule has 0 aliphatic carbocycles. The van der Waals surface area contributed by atoms with Crippen molar-refractivity contribution < 1.29 is 4.42 Å². The molecule has 16 heavy (non-hydrogen) atoms. The van der Waals surface area contributed by atoms with E-state index < -0.39 is 0 Å². The van der Waals surface area contributed by atoms with Crippen molar-refractivity contribution in [1.82, 2.24) is 10.6 Å². The zero-order valence-electron chi connectivity index (χ0n) is 10.3. The predicted molar refractivity (Wildman–Crippen MR) is 67.8 cm³/mol. The van der Waals surface area contributed by atoms with Crippen molar-refractivity contribution in [3.63, 3.8) is 0 Å². The maximum absolute atomic E-state index is 5.82. The summed E-state index contributed by atoms with van der Waals surface area (Å²) in [5, 5.41) is 7.26. The second-order valence-electron chi connectivity index (χ2n) is 4.93. The second-order valence-corrected chi connectivity index (χ2v) is 5.27. The van der Waals surface area contributed by atoms with E-state index in [4.69, 9.17) is 16.0 Å². The normalized spacial score (nSPS) is 12.0. The van der Waals surface area contributed by atoms with E-state index in [9.17, 15) is 0 Å². The van der Waals surface area contributed by atoms with Gasteiger partial charge in [-0.1, -0.05) is 0 Å².